The minimum absolute atomic E-state index is 0.198. The molecule has 2 heterocycles. The van der Waals surface area contributed by atoms with Crippen LogP contribution in [0.4, 0.5) is 29.3 Å². The number of sulfone groups is 1. The highest BCUT2D eigenvalue weighted by molar-refractivity contribution is 7.90. The predicted octanol–water partition coefficient (Wildman–Crippen LogP) is 5.30. The number of hydrogen-bond donors (Lipinski definition) is 3. The van der Waals surface area contributed by atoms with Gasteiger partial charge in [0.05, 0.1) is 16.1 Å². The molecule has 0 aliphatic rings. The Labute approximate surface area is 186 Å². The van der Waals surface area contributed by atoms with Crippen LogP contribution in [0.2, 0.25) is 0 Å². The Morgan fingerprint density at radius 1 is 0.970 bits per heavy atom. The summed E-state index contributed by atoms with van der Waals surface area (Å²) < 4.78 is 61.3. The van der Waals surface area contributed by atoms with Crippen LogP contribution >= 0.6 is 0 Å². The summed E-state index contributed by atoms with van der Waals surface area (Å²) in [5, 5.41) is 5.72. The minimum Gasteiger partial charge on any atom is -0.344 e. The minimum atomic E-state index is -4.46. The van der Waals surface area contributed by atoms with Gasteiger partial charge in [-0.25, -0.2) is 18.2 Å². The molecule has 7 nitrogen and oxygen atoms in total. The number of pyridine rings is 1. The molecule has 4 aromatic rings. The Morgan fingerprint density at radius 2 is 1.64 bits per heavy atom. The van der Waals surface area contributed by atoms with E-state index >= 15 is 0 Å². The van der Waals surface area contributed by atoms with Crippen molar-refractivity contribution < 1.29 is 26.4 Å². The van der Waals surface area contributed by atoms with Crippen LogP contribution in [-0.2, 0) is 16.0 Å². The van der Waals surface area contributed by atoms with Gasteiger partial charge < -0.3 is 15.6 Å². The van der Waals surface area contributed by atoms with Crippen LogP contribution in [-0.4, -0.2) is 30.7 Å². The summed E-state index contributed by atoms with van der Waals surface area (Å²) in [6.07, 6.45) is -0.176. The average Bonchev–Trinajstić information content (AvgIpc) is 3.15. The van der Waals surface area contributed by atoms with Gasteiger partial charge in [-0.3, -0.25) is 0 Å². The van der Waals surface area contributed by atoms with E-state index in [0.29, 0.717) is 22.3 Å². The number of aromatic nitrogens is 2. The zero-order valence-electron chi connectivity index (χ0n) is 17.1. The van der Waals surface area contributed by atoms with Gasteiger partial charge >= 0.3 is 12.2 Å². The molecule has 0 spiro atoms. The molecule has 2 aromatic heterocycles. The second-order valence-corrected chi connectivity index (χ2v) is 9.29. The lowest BCUT2D eigenvalue weighted by molar-refractivity contribution is -0.137. The van der Waals surface area contributed by atoms with E-state index in [0.717, 1.165) is 36.1 Å². The topological polar surface area (TPSA) is 104 Å². The molecule has 0 aliphatic carbocycles. The highest BCUT2D eigenvalue weighted by Gasteiger charge is 2.30. The molecule has 0 radical (unpaired) electrons. The van der Waals surface area contributed by atoms with Crippen LogP contribution in [0.5, 0.6) is 0 Å². The first-order chi connectivity index (χ1) is 15.5. The van der Waals surface area contributed by atoms with Crippen LogP contribution in [0.15, 0.2) is 71.9 Å². The number of anilines is 2. The van der Waals surface area contributed by atoms with Gasteiger partial charge in [0.25, 0.3) is 0 Å². The van der Waals surface area contributed by atoms with Crippen LogP contribution in [0.3, 0.4) is 0 Å². The lowest BCUT2D eigenvalue weighted by Gasteiger charge is -2.09. The summed E-state index contributed by atoms with van der Waals surface area (Å²) in [4.78, 5) is 19.8. The highest BCUT2D eigenvalue weighted by Crippen LogP contribution is 2.30. The number of carbonyl (C=O) groups is 1. The van der Waals surface area contributed by atoms with Gasteiger partial charge in [-0.15, -0.1) is 0 Å². The Kier molecular flexibility index (Phi) is 5.58. The van der Waals surface area contributed by atoms with E-state index in [-0.39, 0.29) is 10.6 Å². The number of nitrogens with zero attached hydrogens (tertiary/aromatic N) is 1. The van der Waals surface area contributed by atoms with Crippen LogP contribution < -0.4 is 10.6 Å². The lowest BCUT2D eigenvalue weighted by atomic mass is 10.1. The van der Waals surface area contributed by atoms with E-state index < -0.39 is 27.6 Å². The number of halogens is 3. The molecule has 0 saturated carbocycles. The molecule has 2 amide bonds. The summed E-state index contributed by atoms with van der Waals surface area (Å²) in [6, 6.07) is 11.6. The molecule has 33 heavy (non-hydrogen) atoms. The third-order valence-corrected chi connectivity index (χ3v) is 5.99. The normalized spacial score (nSPS) is 12.0. The van der Waals surface area contributed by atoms with Gasteiger partial charge in [-0.1, -0.05) is 12.1 Å². The number of alkyl halides is 3. The zero-order chi connectivity index (χ0) is 23.8. The smallest absolute Gasteiger partial charge is 0.344 e. The van der Waals surface area contributed by atoms with Crippen molar-refractivity contribution in [2.75, 3.05) is 16.9 Å². The molecule has 3 N–H and O–H groups in total. The monoisotopic (exact) mass is 474 g/mol. The SMILES string of the molecule is CS(=O)(=O)c1ccc(-c2cnc3[nH]cc(NC(=O)Nc4ccc(C(F)(F)F)cc4)c3c2)cc1. The number of urea groups is 1. The van der Waals surface area contributed by atoms with Crippen molar-refractivity contribution in [3.05, 3.63) is 72.6 Å². The van der Waals surface area contributed by atoms with Crippen molar-refractivity contribution in [3.8, 4) is 11.1 Å². The molecule has 0 unspecified atom stereocenters. The number of nitrogens with one attached hydrogen (secondary N) is 3. The standard InChI is InChI=1S/C22H17F3N4O3S/c1-33(31,32)17-8-2-13(3-9-17)14-10-18-19(12-27-20(18)26-11-14)29-21(30)28-16-6-4-15(5-7-16)22(23,24)25/h2-12H,1H3,(H,26,27)(H2,28,29,30). The summed E-state index contributed by atoms with van der Waals surface area (Å²) in [6.45, 7) is 0. The number of rotatable bonds is 4. The first kappa shape index (κ1) is 22.3. The fourth-order valence-corrected chi connectivity index (χ4v) is 3.82. The van der Waals surface area contributed by atoms with Gasteiger partial charge in [0.2, 0.25) is 0 Å². The molecule has 11 heteroatoms. The number of amides is 2. The summed E-state index contributed by atoms with van der Waals surface area (Å²) >= 11 is 0. The van der Waals surface area contributed by atoms with Crippen molar-refractivity contribution in [2.24, 2.45) is 0 Å². The molecule has 170 valence electrons. The number of aromatic amines is 1. The van der Waals surface area contributed by atoms with Gasteiger partial charge in [-0.2, -0.15) is 13.2 Å². The fourth-order valence-electron chi connectivity index (χ4n) is 3.19. The Balaban J connectivity index is 1.53. The largest absolute Gasteiger partial charge is 0.416 e. The van der Waals surface area contributed by atoms with Crippen LogP contribution in [0.1, 0.15) is 5.56 Å². The van der Waals surface area contributed by atoms with E-state index in [9.17, 15) is 26.4 Å². The van der Waals surface area contributed by atoms with Gasteiger partial charge in [0.15, 0.2) is 9.84 Å². The third kappa shape index (κ3) is 4.98. The molecule has 0 atom stereocenters. The predicted molar refractivity (Wildman–Crippen MR) is 119 cm³/mol. The van der Waals surface area contributed by atoms with E-state index in [1.54, 1.807) is 30.6 Å². The van der Waals surface area contributed by atoms with Gasteiger partial charge in [-0.05, 0) is 48.0 Å². The maximum Gasteiger partial charge on any atom is 0.416 e. The highest BCUT2D eigenvalue weighted by atomic mass is 32.2. The Morgan fingerprint density at radius 3 is 2.24 bits per heavy atom. The molecule has 0 saturated heterocycles. The van der Waals surface area contributed by atoms with Crippen LogP contribution in [0.25, 0.3) is 22.2 Å². The quantitative estimate of drug-likeness (QED) is 0.374. The number of hydrogen-bond acceptors (Lipinski definition) is 4. The van der Waals surface area contributed by atoms with E-state index in [2.05, 4.69) is 20.6 Å². The number of fused-ring (bicyclic) bond motifs is 1. The van der Waals surface area contributed by atoms with Crippen molar-refractivity contribution in [1.82, 2.24) is 9.97 Å². The van der Waals surface area contributed by atoms with E-state index in [4.69, 9.17) is 0 Å². The number of H-pyrrole nitrogens is 1. The lowest BCUT2D eigenvalue weighted by Crippen LogP contribution is -2.19. The van der Waals surface area contributed by atoms with E-state index in [1.807, 2.05) is 0 Å². The van der Waals surface area contributed by atoms with Crippen LogP contribution in [0, 0.1) is 0 Å². The zero-order valence-corrected chi connectivity index (χ0v) is 17.9. The second kappa shape index (κ2) is 8.24. The maximum atomic E-state index is 12.7. The average molecular weight is 474 g/mol. The summed E-state index contributed by atoms with van der Waals surface area (Å²) in [5.41, 5.74) is 1.75. The summed E-state index contributed by atoms with van der Waals surface area (Å²) in [5.74, 6) is 0. The molecule has 0 bridgehead atoms. The fraction of sp³-hybridized carbons (Fsp3) is 0.0909. The number of benzene rings is 2. The Hall–Kier alpha value is -3.86. The molecule has 2 aromatic carbocycles. The Bertz CT molecular complexity index is 1430. The molecular weight excluding hydrogens is 457 g/mol. The maximum absolute atomic E-state index is 12.7. The first-order valence-corrected chi connectivity index (χ1v) is 11.4. The number of carbonyl (C=O) groups excluding carboxylic acids is 1. The van der Waals surface area contributed by atoms with Gasteiger partial charge in [0.1, 0.15) is 5.65 Å². The molecule has 4 rings (SSSR count). The third-order valence-electron chi connectivity index (χ3n) is 4.87. The van der Waals surface area contributed by atoms with Crippen molar-refractivity contribution in [1.29, 1.82) is 0 Å². The second-order valence-electron chi connectivity index (χ2n) is 7.27. The van der Waals surface area contributed by atoms with E-state index in [1.165, 1.54) is 12.1 Å². The molecular formula is C22H17F3N4O3S. The molecule has 0 fully saturated rings. The summed E-state index contributed by atoms with van der Waals surface area (Å²) in [7, 11) is -3.31. The van der Waals surface area contributed by atoms with Crippen molar-refractivity contribution in [2.45, 2.75) is 11.1 Å². The van der Waals surface area contributed by atoms with Crippen molar-refractivity contribution >= 4 is 38.3 Å². The van der Waals surface area contributed by atoms with Gasteiger partial charge in [0, 0.05) is 35.3 Å². The first-order valence-electron chi connectivity index (χ1n) is 9.53. The van der Waals surface area contributed by atoms with Crippen molar-refractivity contribution in [3.63, 3.8) is 0 Å². The molecule has 0 aliphatic heterocycles.